The van der Waals surface area contributed by atoms with E-state index in [0.717, 1.165) is 5.56 Å². The van der Waals surface area contributed by atoms with Crippen molar-refractivity contribution in [3.8, 4) is 0 Å². The van der Waals surface area contributed by atoms with Crippen molar-refractivity contribution in [2.75, 3.05) is 19.3 Å². The van der Waals surface area contributed by atoms with E-state index in [-0.39, 0.29) is 25.4 Å². The predicted octanol–water partition coefficient (Wildman–Crippen LogP) is 4.62. The number of hydrogen-bond donors (Lipinski definition) is 2. The maximum absolute atomic E-state index is 12.0. The Morgan fingerprint density at radius 3 is 2.16 bits per heavy atom. The van der Waals surface area contributed by atoms with Gasteiger partial charge in [-0.3, -0.25) is 4.79 Å². The summed E-state index contributed by atoms with van der Waals surface area (Å²) in [6, 6.07) is 6.92. The molecule has 0 aliphatic heterocycles. The van der Waals surface area contributed by atoms with Crippen LogP contribution in [0, 0.1) is 7.43 Å². The number of anilines is 1. The topological polar surface area (TPSA) is 119 Å². The lowest BCUT2D eigenvalue weighted by Gasteiger charge is -2.32. The SMILES string of the molecule is CN(CC(C)(C)c1ccc(N)nc1)C(=O)OC(C)(C)C.O=C(O)Cc1ccc(Cl)nc1.[CH3-]. The van der Waals surface area contributed by atoms with Crippen LogP contribution in [0.5, 0.6) is 0 Å². The monoisotopic (exact) mass is 465 g/mol. The number of pyridine rings is 2. The minimum atomic E-state index is -0.867. The molecule has 178 valence electrons. The zero-order valence-corrected chi connectivity index (χ0v) is 20.6. The molecule has 2 aromatic rings. The summed E-state index contributed by atoms with van der Waals surface area (Å²) in [4.78, 5) is 31.6. The molecule has 0 saturated carbocycles. The molecule has 8 nitrogen and oxygen atoms in total. The Morgan fingerprint density at radius 1 is 1.09 bits per heavy atom. The van der Waals surface area contributed by atoms with Crippen molar-refractivity contribution >= 4 is 29.5 Å². The molecule has 0 aliphatic carbocycles. The van der Waals surface area contributed by atoms with Crippen LogP contribution in [0.25, 0.3) is 0 Å². The molecule has 3 N–H and O–H groups in total. The highest BCUT2D eigenvalue weighted by molar-refractivity contribution is 6.29. The number of carbonyl (C=O) groups excluding carboxylic acids is 1. The van der Waals surface area contributed by atoms with Crippen molar-refractivity contribution in [2.24, 2.45) is 0 Å². The normalized spacial score (nSPS) is 10.8. The van der Waals surface area contributed by atoms with Gasteiger partial charge in [0.1, 0.15) is 16.6 Å². The zero-order chi connectivity index (χ0) is 23.8. The van der Waals surface area contributed by atoms with E-state index in [1.807, 2.05) is 26.8 Å². The quantitative estimate of drug-likeness (QED) is 0.488. The summed E-state index contributed by atoms with van der Waals surface area (Å²) in [7, 11) is 1.74. The number of ether oxygens (including phenoxy) is 1. The number of hydrogen-bond acceptors (Lipinski definition) is 6. The molecule has 32 heavy (non-hydrogen) atoms. The Bertz CT molecular complexity index is 863. The second kappa shape index (κ2) is 12.2. The Morgan fingerprint density at radius 2 is 1.72 bits per heavy atom. The molecule has 0 bridgehead atoms. The summed E-state index contributed by atoms with van der Waals surface area (Å²) >= 11 is 5.49. The van der Waals surface area contributed by atoms with Crippen molar-refractivity contribution in [3.63, 3.8) is 0 Å². The van der Waals surface area contributed by atoms with E-state index in [4.69, 9.17) is 27.2 Å². The van der Waals surface area contributed by atoms with E-state index in [2.05, 4.69) is 23.8 Å². The molecule has 1 amide bonds. The van der Waals surface area contributed by atoms with Crippen LogP contribution in [-0.4, -0.2) is 51.2 Å². The smallest absolute Gasteiger partial charge is 0.410 e. The highest BCUT2D eigenvalue weighted by Crippen LogP contribution is 2.24. The van der Waals surface area contributed by atoms with Gasteiger partial charge in [-0.2, -0.15) is 0 Å². The molecule has 0 aliphatic rings. The molecule has 0 aromatic carbocycles. The van der Waals surface area contributed by atoms with E-state index in [0.29, 0.717) is 23.1 Å². The molecule has 0 fully saturated rings. The number of rotatable bonds is 5. The molecular weight excluding hydrogens is 432 g/mol. The molecule has 0 radical (unpaired) electrons. The number of nitrogen functional groups attached to an aromatic ring is 1. The highest BCUT2D eigenvalue weighted by Gasteiger charge is 2.27. The van der Waals surface area contributed by atoms with Crippen LogP contribution in [0.1, 0.15) is 45.7 Å². The number of aromatic nitrogens is 2. The second-order valence-corrected chi connectivity index (χ2v) is 9.14. The van der Waals surface area contributed by atoms with Crippen LogP contribution >= 0.6 is 11.6 Å². The Balaban J connectivity index is 0.000000679. The highest BCUT2D eigenvalue weighted by atomic mass is 35.5. The van der Waals surface area contributed by atoms with Gasteiger partial charge >= 0.3 is 12.1 Å². The minimum absolute atomic E-state index is 0. The molecule has 0 saturated heterocycles. The van der Waals surface area contributed by atoms with Gasteiger partial charge in [0.25, 0.3) is 0 Å². The van der Waals surface area contributed by atoms with Crippen LogP contribution in [0.2, 0.25) is 5.15 Å². The molecular formula is C23H34ClN4O4-. The van der Waals surface area contributed by atoms with Gasteiger partial charge in [-0.15, -0.1) is 0 Å². The molecule has 2 heterocycles. The van der Waals surface area contributed by atoms with Gasteiger partial charge < -0.3 is 27.9 Å². The first kappa shape index (κ1) is 29.1. The molecule has 2 aromatic heterocycles. The van der Waals surface area contributed by atoms with E-state index in [1.165, 1.54) is 6.20 Å². The van der Waals surface area contributed by atoms with Crippen molar-refractivity contribution in [2.45, 2.75) is 52.1 Å². The number of carbonyl (C=O) groups is 2. The number of nitrogens with two attached hydrogens (primary N) is 1. The largest absolute Gasteiger partial charge is 0.481 e. The molecule has 0 spiro atoms. The lowest BCUT2D eigenvalue weighted by atomic mass is 9.85. The van der Waals surface area contributed by atoms with Crippen LogP contribution < -0.4 is 5.73 Å². The Kier molecular flexibility index (Phi) is 11.1. The van der Waals surface area contributed by atoms with Crippen molar-refractivity contribution in [3.05, 3.63) is 60.4 Å². The van der Waals surface area contributed by atoms with Crippen LogP contribution in [-0.2, 0) is 21.4 Å². The third-order valence-corrected chi connectivity index (χ3v) is 4.27. The van der Waals surface area contributed by atoms with E-state index < -0.39 is 11.6 Å². The number of nitrogens with zero attached hydrogens (tertiary/aromatic N) is 3. The fourth-order valence-electron chi connectivity index (χ4n) is 2.58. The second-order valence-electron chi connectivity index (χ2n) is 8.75. The lowest BCUT2D eigenvalue weighted by molar-refractivity contribution is -0.136. The van der Waals surface area contributed by atoms with Gasteiger partial charge in [0.2, 0.25) is 0 Å². The maximum Gasteiger partial charge on any atom is 0.410 e. The average molecular weight is 466 g/mol. The van der Waals surface area contributed by atoms with Gasteiger partial charge in [-0.05, 0) is 44.0 Å². The van der Waals surface area contributed by atoms with Gasteiger partial charge in [0.05, 0.1) is 6.42 Å². The fourth-order valence-corrected chi connectivity index (χ4v) is 2.69. The standard InChI is InChI=1S/C15H25N3O2.C7H6ClNO2.CH3/c1-14(2,3)20-13(19)18(6)10-15(4,5)11-7-8-12(16)17-9-11;8-6-2-1-5(4-9-6)3-7(10)11;/h7-9H,10H2,1-6H3,(H2,16,17);1-2,4H,3H2,(H,10,11);1H3/q;;-1. The number of carboxylic acids is 1. The summed E-state index contributed by atoms with van der Waals surface area (Å²) in [6.07, 6.45) is 2.87. The summed E-state index contributed by atoms with van der Waals surface area (Å²) in [6.45, 7) is 10.2. The van der Waals surface area contributed by atoms with Gasteiger partial charge in [0.15, 0.2) is 0 Å². The lowest BCUT2D eigenvalue weighted by Crippen LogP contribution is -2.41. The third kappa shape index (κ3) is 10.9. The van der Waals surface area contributed by atoms with Crippen molar-refractivity contribution < 1.29 is 19.4 Å². The molecule has 0 atom stereocenters. The van der Waals surface area contributed by atoms with Crippen LogP contribution in [0.3, 0.4) is 0 Å². The van der Waals surface area contributed by atoms with Crippen molar-refractivity contribution in [1.82, 2.24) is 14.9 Å². The zero-order valence-electron chi connectivity index (χ0n) is 19.8. The Hall–Kier alpha value is -2.87. The van der Waals surface area contributed by atoms with Crippen molar-refractivity contribution in [1.29, 1.82) is 0 Å². The summed E-state index contributed by atoms with van der Waals surface area (Å²) in [5.74, 6) is -0.376. The number of likely N-dealkylation sites (N-methyl/N-ethyl adjacent to an activating group) is 1. The third-order valence-electron chi connectivity index (χ3n) is 4.05. The van der Waals surface area contributed by atoms with Gasteiger partial charge in [-0.1, -0.05) is 37.6 Å². The summed E-state index contributed by atoms with van der Waals surface area (Å²) in [5.41, 5.74) is 6.56. The Labute approximate surface area is 195 Å². The van der Waals surface area contributed by atoms with E-state index in [1.54, 1.807) is 36.3 Å². The van der Waals surface area contributed by atoms with Gasteiger partial charge in [0, 0.05) is 31.4 Å². The number of carboxylic acid groups (broad SMARTS) is 1. The first-order chi connectivity index (χ1) is 14.2. The summed E-state index contributed by atoms with van der Waals surface area (Å²) < 4.78 is 5.35. The van der Waals surface area contributed by atoms with Gasteiger partial charge in [-0.25, -0.2) is 14.8 Å². The van der Waals surface area contributed by atoms with E-state index in [9.17, 15) is 9.59 Å². The number of aliphatic carboxylic acids is 1. The summed E-state index contributed by atoms with van der Waals surface area (Å²) in [5, 5.41) is 8.75. The molecule has 9 heteroatoms. The number of amides is 1. The van der Waals surface area contributed by atoms with Crippen LogP contribution in [0.4, 0.5) is 10.6 Å². The first-order valence-corrected chi connectivity index (χ1v) is 10.1. The number of halogens is 1. The average Bonchev–Trinajstić information content (AvgIpc) is 2.62. The van der Waals surface area contributed by atoms with E-state index >= 15 is 0 Å². The molecule has 0 unspecified atom stereocenters. The fraction of sp³-hybridized carbons (Fsp3) is 0.435. The van der Waals surface area contributed by atoms with Crippen LogP contribution in [0.15, 0.2) is 36.7 Å². The maximum atomic E-state index is 12.0. The molecule has 2 rings (SSSR count). The first-order valence-electron chi connectivity index (χ1n) is 9.68. The predicted molar refractivity (Wildman–Crippen MR) is 128 cm³/mol. The minimum Gasteiger partial charge on any atom is -0.481 e.